The van der Waals surface area contributed by atoms with E-state index in [9.17, 15) is 0 Å². The first kappa shape index (κ1) is 26.7. The van der Waals surface area contributed by atoms with Gasteiger partial charge in [-0.1, -0.05) is 85.2 Å². The topological polar surface area (TPSA) is 9.23 Å². The zero-order chi connectivity index (χ0) is 23.6. The molecule has 0 saturated heterocycles. The van der Waals surface area contributed by atoms with E-state index in [-0.39, 0.29) is 10.8 Å². The van der Waals surface area contributed by atoms with Crippen LogP contribution >= 0.6 is 17.0 Å². The summed E-state index contributed by atoms with van der Waals surface area (Å²) in [6, 6.07) is 11.5. The third-order valence-electron chi connectivity index (χ3n) is 5.88. The van der Waals surface area contributed by atoms with E-state index in [0.717, 1.165) is 12.2 Å². The molecule has 168 valence electrons. The third kappa shape index (κ3) is 6.28. The number of hydrogen-bond donors (Lipinski definition) is 0. The van der Waals surface area contributed by atoms with E-state index in [4.69, 9.17) is 21.8 Å². The molecule has 0 saturated carbocycles. The van der Waals surface area contributed by atoms with Crippen LogP contribution in [0.4, 0.5) is 0 Å². The summed E-state index contributed by atoms with van der Waals surface area (Å²) in [5.41, 5.74) is 9.60. The van der Waals surface area contributed by atoms with Crippen molar-refractivity contribution in [1.29, 1.82) is 0 Å². The number of benzene rings is 2. The second kappa shape index (κ2) is 10.6. The van der Waals surface area contributed by atoms with Crippen LogP contribution in [0.3, 0.4) is 0 Å². The Morgan fingerprint density at radius 3 is 1.87 bits per heavy atom. The molecule has 0 radical (unpaired) electrons. The average molecular weight is 539 g/mol. The normalized spacial score (nSPS) is 13.4. The maximum atomic E-state index is 5.95. The van der Waals surface area contributed by atoms with Crippen LogP contribution in [0.1, 0.15) is 77.6 Å². The van der Waals surface area contributed by atoms with E-state index in [2.05, 4.69) is 91.8 Å². The monoisotopic (exact) mass is 536 g/mol. The summed E-state index contributed by atoms with van der Waals surface area (Å²) >= 11 is -0.826. The summed E-state index contributed by atoms with van der Waals surface area (Å²) in [6.45, 7) is 18.2. The van der Waals surface area contributed by atoms with Crippen molar-refractivity contribution < 1.29 is 25.6 Å². The van der Waals surface area contributed by atoms with Gasteiger partial charge in [-0.25, -0.2) is 0 Å². The van der Waals surface area contributed by atoms with E-state index in [1.54, 1.807) is 7.11 Å². The minimum atomic E-state index is -0.826. The minimum absolute atomic E-state index is 0.0121. The van der Waals surface area contributed by atoms with Gasteiger partial charge in [0.1, 0.15) is 5.75 Å². The van der Waals surface area contributed by atoms with Crippen molar-refractivity contribution >= 4 is 23.1 Å². The van der Waals surface area contributed by atoms with E-state index in [0.29, 0.717) is 5.92 Å². The molecule has 0 heterocycles. The molecule has 1 aliphatic rings. The van der Waals surface area contributed by atoms with Gasteiger partial charge in [0.15, 0.2) is 0 Å². The Labute approximate surface area is 208 Å². The average Bonchev–Trinajstić information content (AvgIpc) is 3.11. The predicted octanol–water partition coefficient (Wildman–Crippen LogP) is 8.93. The van der Waals surface area contributed by atoms with Gasteiger partial charge in [0.2, 0.25) is 0 Å². The van der Waals surface area contributed by atoms with E-state index in [1.165, 1.54) is 39.0 Å². The number of allylic oxidation sites excluding steroid dienone is 1. The van der Waals surface area contributed by atoms with Gasteiger partial charge in [0.25, 0.3) is 0 Å². The van der Waals surface area contributed by atoms with E-state index < -0.39 is 20.8 Å². The van der Waals surface area contributed by atoms with Gasteiger partial charge < -0.3 is 4.74 Å². The van der Waals surface area contributed by atoms with Crippen LogP contribution in [0.25, 0.3) is 17.2 Å². The second-order valence-corrected chi connectivity index (χ2v) is 14.3. The molecule has 2 aromatic carbocycles. The van der Waals surface area contributed by atoms with Crippen molar-refractivity contribution in [2.45, 2.75) is 72.6 Å². The Hall–Kier alpha value is -0.557. The first-order valence-corrected chi connectivity index (χ1v) is 17.2. The molecule has 0 aromatic heterocycles. The Bertz CT molecular complexity index is 912. The zero-order valence-electron chi connectivity index (χ0n) is 20.4. The molecular formula is C27H36Cl2OZr. The van der Waals surface area contributed by atoms with E-state index in [1.807, 2.05) is 0 Å². The van der Waals surface area contributed by atoms with Crippen LogP contribution in [-0.2, 0) is 38.1 Å². The summed E-state index contributed by atoms with van der Waals surface area (Å²) in [6.07, 6.45) is 3.50. The Morgan fingerprint density at radius 1 is 0.935 bits per heavy atom. The van der Waals surface area contributed by atoms with Gasteiger partial charge in [-0.05, 0) is 57.6 Å². The molecule has 0 fully saturated rings. The van der Waals surface area contributed by atoms with Gasteiger partial charge in [0, 0.05) is 11.1 Å². The van der Waals surface area contributed by atoms with Crippen molar-refractivity contribution in [3.63, 3.8) is 0 Å². The second-order valence-electron chi connectivity index (χ2n) is 10.6. The Morgan fingerprint density at radius 2 is 1.45 bits per heavy atom. The van der Waals surface area contributed by atoms with Crippen molar-refractivity contribution in [2.75, 3.05) is 7.11 Å². The summed E-state index contributed by atoms with van der Waals surface area (Å²) in [4.78, 5) is 0. The van der Waals surface area contributed by atoms with Crippen molar-refractivity contribution in [3.8, 4) is 16.9 Å². The summed E-state index contributed by atoms with van der Waals surface area (Å²) < 4.78 is 5.95. The SMILES string of the molecule is COc1c(C(C)(C)C)cc(-c2cccc3c2C=C(C(C)C)C3)cc1C(C)(C)C.[Cl][Zr][Cl]. The molecule has 0 aliphatic heterocycles. The zero-order valence-corrected chi connectivity index (χ0v) is 24.4. The number of halogens is 2. The van der Waals surface area contributed by atoms with Crippen molar-refractivity contribution in [2.24, 2.45) is 5.92 Å². The molecule has 2 aromatic rings. The predicted molar refractivity (Wildman–Crippen MR) is 134 cm³/mol. The van der Waals surface area contributed by atoms with Crippen LogP contribution in [0.15, 0.2) is 35.9 Å². The maximum absolute atomic E-state index is 5.95. The number of fused-ring (bicyclic) bond motifs is 1. The van der Waals surface area contributed by atoms with Crippen LogP contribution in [0, 0.1) is 5.92 Å². The quantitative estimate of drug-likeness (QED) is 0.379. The van der Waals surface area contributed by atoms with Crippen LogP contribution < -0.4 is 4.74 Å². The third-order valence-corrected chi connectivity index (χ3v) is 5.88. The van der Waals surface area contributed by atoms with Gasteiger partial charge in [-0.15, -0.1) is 0 Å². The Kier molecular flexibility index (Phi) is 9.11. The number of ether oxygens (including phenoxy) is 1. The summed E-state index contributed by atoms with van der Waals surface area (Å²) in [5, 5.41) is 0. The van der Waals surface area contributed by atoms with Gasteiger partial charge in [-0.2, -0.15) is 0 Å². The standard InChI is InChI=1S/C27H36O.2ClH.Zr/c1-17(2)19-13-18-11-10-12-21(22(18)14-19)20-15-23(26(3,4)5)25(28-9)24(16-20)27(6,7)8;;;/h10-12,14-17H,13H2,1-9H3;2*1H;/q;;;+2/p-2. The molecule has 3 rings (SSSR count). The first-order chi connectivity index (χ1) is 14.3. The Balaban J connectivity index is 0.00000107. The molecular weight excluding hydrogens is 502 g/mol. The van der Waals surface area contributed by atoms with Gasteiger partial charge in [0.05, 0.1) is 7.11 Å². The molecule has 0 spiro atoms. The van der Waals surface area contributed by atoms with Crippen LogP contribution in [0.5, 0.6) is 5.75 Å². The molecule has 0 unspecified atom stereocenters. The van der Waals surface area contributed by atoms with Crippen LogP contribution in [-0.4, -0.2) is 7.11 Å². The molecule has 31 heavy (non-hydrogen) atoms. The molecule has 0 atom stereocenters. The fourth-order valence-corrected chi connectivity index (χ4v) is 4.13. The fraction of sp³-hybridized carbons (Fsp3) is 0.481. The number of rotatable bonds is 3. The first-order valence-electron chi connectivity index (χ1n) is 10.9. The van der Waals surface area contributed by atoms with Crippen molar-refractivity contribution in [1.82, 2.24) is 0 Å². The number of methoxy groups -OCH3 is 1. The number of hydrogen-bond acceptors (Lipinski definition) is 1. The molecule has 0 bridgehead atoms. The molecule has 0 N–H and O–H groups in total. The van der Waals surface area contributed by atoms with Gasteiger partial charge >= 0.3 is 37.9 Å². The van der Waals surface area contributed by atoms with Gasteiger partial charge in [-0.3, -0.25) is 0 Å². The molecule has 4 heteroatoms. The fourth-order valence-electron chi connectivity index (χ4n) is 4.13. The molecule has 0 amide bonds. The molecule has 1 nitrogen and oxygen atoms in total. The summed E-state index contributed by atoms with van der Waals surface area (Å²) in [5.74, 6) is 1.63. The van der Waals surface area contributed by atoms with E-state index >= 15 is 0 Å². The summed E-state index contributed by atoms with van der Waals surface area (Å²) in [7, 11) is 11.7. The van der Waals surface area contributed by atoms with Crippen LogP contribution in [0.2, 0.25) is 0 Å². The molecule has 1 aliphatic carbocycles. The van der Waals surface area contributed by atoms with Crippen molar-refractivity contribution in [3.05, 3.63) is 58.2 Å².